The third-order valence-corrected chi connectivity index (χ3v) is 4.85. The van der Waals surface area contributed by atoms with Gasteiger partial charge in [0.1, 0.15) is 0 Å². The third-order valence-electron chi connectivity index (χ3n) is 4.06. The highest BCUT2D eigenvalue weighted by molar-refractivity contribution is 7.98. The van der Waals surface area contributed by atoms with Crippen molar-refractivity contribution in [3.05, 3.63) is 24.3 Å². The average Bonchev–Trinajstić information content (AvgIpc) is 2.36. The molecule has 2 nitrogen and oxygen atoms in total. The van der Waals surface area contributed by atoms with E-state index in [2.05, 4.69) is 61.6 Å². The van der Waals surface area contributed by atoms with Gasteiger partial charge in [0.2, 0.25) is 0 Å². The summed E-state index contributed by atoms with van der Waals surface area (Å²) in [5.41, 5.74) is 1.29. The van der Waals surface area contributed by atoms with Crippen molar-refractivity contribution in [2.24, 2.45) is 5.92 Å². The van der Waals surface area contributed by atoms with Crippen LogP contribution in [0.25, 0.3) is 0 Å². The Morgan fingerprint density at radius 3 is 2.72 bits per heavy atom. The molecule has 1 aromatic carbocycles. The van der Waals surface area contributed by atoms with Crippen molar-refractivity contribution in [3.63, 3.8) is 0 Å². The molecule has 1 N–H and O–H groups in total. The normalized spacial score (nSPS) is 29.2. The number of likely N-dealkylation sites (tertiary alicyclic amines) is 1. The molecule has 0 saturated carbocycles. The highest BCUT2D eigenvalue weighted by atomic mass is 32.2. The Morgan fingerprint density at radius 2 is 2.00 bits per heavy atom. The minimum absolute atomic E-state index is 0.587. The van der Waals surface area contributed by atoms with E-state index in [0.29, 0.717) is 18.0 Å². The molecule has 1 aliphatic heterocycles. The fraction of sp³-hybridized carbons (Fsp3) is 0.600. The van der Waals surface area contributed by atoms with Crippen LogP contribution in [0.4, 0.5) is 5.69 Å². The van der Waals surface area contributed by atoms with Crippen molar-refractivity contribution in [1.29, 1.82) is 0 Å². The van der Waals surface area contributed by atoms with Crippen LogP contribution in [0.2, 0.25) is 0 Å². The van der Waals surface area contributed by atoms with E-state index in [1.165, 1.54) is 23.5 Å². The predicted molar refractivity (Wildman–Crippen MR) is 81.5 cm³/mol. The third kappa shape index (κ3) is 3.01. The van der Waals surface area contributed by atoms with Gasteiger partial charge in [0.05, 0.1) is 0 Å². The number of hydrogen-bond donors (Lipinski definition) is 1. The Balaban J connectivity index is 2.08. The number of nitrogens with zero attached hydrogens (tertiary/aromatic N) is 1. The molecule has 3 unspecified atom stereocenters. The summed E-state index contributed by atoms with van der Waals surface area (Å²) in [7, 11) is 2.23. The smallest absolute Gasteiger partial charge is 0.0480 e. The van der Waals surface area contributed by atoms with E-state index in [4.69, 9.17) is 0 Å². The lowest BCUT2D eigenvalue weighted by Gasteiger charge is -2.40. The molecule has 2 rings (SSSR count). The lowest BCUT2D eigenvalue weighted by atomic mass is 9.89. The van der Waals surface area contributed by atoms with Crippen molar-refractivity contribution in [2.75, 3.05) is 25.2 Å². The van der Waals surface area contributed by atoms with Crippen LogP contribution in [-0.4, -0.2) is 36.8 Å². The van der Waals surface area contributed by atoms with E-state index in [-0.39, 0.29) is 0 Å². The number of thioether (sulfide) groups is 1. The van der Waals surface area contributed by atoms with E-state index in [9.17, 15) is 0 Å². The van der Waals surface area contributed by atoms with E-state index < -0.39 is 0 Å². The van der Waals surface area contributed by atoms with Gasteiger partial charge in [-0.05, 0) is 44.7 Å². The quantitative estimate of drug-likeness (QED) is 0.841. The maximum atomic E-state index is 3.75. The predicted octanol–water partition coefficient (Wildman–Crippen LogP) is 3.55. The summed E-state index contributed by atoms with van der Waals surface area (Å²) in [6.07, 6.45) is 3.36. The van der Waals surface area contributed by atoms with Gasteiger partial charge in [-0.2, -0.15) is 0 Å². The molecule has 3 atom stereocenters. The molecule has 1 heterocycles. The van der Waals surface area contributed by atoms with Crippen LogP contribution >= 0.6 is 11.8 Å². The van der Waals surface area contributed by atoms with E-state index >= 15 is 0 Å². The highest BCUT2D eigenvalue weighted by Crippen LogP contribution is 2.29. The number of nitrogens with one attached hydrogen (secondary N) is 1. The van der Waals surface area contributed by atoms with Crippen LogP contribution < -0.4 is 5.32 Å². The lowest BCUT2D eigenvalue weighted by Crippen LogP contribution is -2.48. The zero-order valence-corrected chi connectivity index (χ0v) is 12.6. The molecule has 1 saturated heterocycles. The van der Waals surface area contributed by atoms with Crippen molar-refractivity contribution in [3.8, 4) is 0 Å². The summed E-state index contributed by atoms with van der Waals surface area (Å²) in [5, 5.41) is 3.75. The molecule has 1 fully saturated rings. The van der Waals surface area contributed by atoms with Crippen LogP contribution in [0.15, 0.2) is 29.2 Å². The summed E-state index contributed by atoms with van der Waals surface area (Å²) >= 11 is 1.81. The average molecular weight is 264 g/mol. The van der Waals surface area contributed by atoms with Crippen LogP contribution in [0.1, 0.15) is 20.3 Å². The maximum Gasteiger partial charge on any atom is 0.0480 e. The Kier molecular flexibility index (Phi) is 4.57. The van der Waals surface area contributed by atoms with Crippen LogP contribution in [0.3, 0.4) is 0 Å². The Morgan fingerprint density at radius 1 is 1.28 bits per heavy atom. The summed E-state index contributed by atoms with van der Waals surface area (Å²) in [6, 6.07) is 9.87. The molecule has 100 valence electrons. The van der Waals surface area contributed by atoms with Gasteiger partial charge in [-0.1, -0.05) is 19.1 Å². The van der Waals surface area contributed by atoms with Crippen molar-refractivity contribution >= 4 is 17.4 Å². The molecular formula is C15H24N2S. The molecule has 0 aromatic heterocycles. The largest absolute Gasteiger partial charge is 0.381 e. The Labute approximate surface area is 115 Å². The topological polar surface area (TPSA) is 15.3 Å². The lowest BCUT2D eigenvalue weighted by molar-refractivity contribution is 0.145. The summed E-state index contributed by atoms with van der Waals surface area (Å²) in [6.45, 7) is 5.85. The number of anilines is 1. The number of para-hydroxylation sites is 1. The van der Waals surface area contributed by atoms with Gasteiger partial charge >= 0.3 is 0 Å². The fourth-order valence-corrected chi connectivity index (χ4v) is 3.27. The Bertz CT molecular complexity index is 394. The molecule has 0 spiro atoms. The minimum atomic E-state index is 0.587. The summed E-state index contributed by atoms with van der Waals surface area (Å²) < 4.78 is 0. The zero-order valence-electron chi connectivity index (χ0n) is 11.8. The molecule has 18 heavy (non-hydrogen) atoms. The SMILES string of the molecule is CSc1ccccc1NC1CC(C)N(C)CC1C. The molecular weight excluding hydrogens is 240 g/mol. The van der Waals surface area contributed by atoms with Gasteiger partial charge in [-0.25, -0.2) is 0 Å². The van der Waals surface area contributed by atoms with Gasteiger partial charge in [-0.15, -0.1) is 11.8 Å². The molecule has 0 radical (unpaired) electrons. The standard InChI is InChI=1S/C15H24N2S/c1-11-10-17(3)12(2)9-14(11)16-13-7-5-6-8-15(13)18-4/h5-8,11-12,14,16H,9-10H2,1-4H3. The Hall–Kier alpha value is -0.670. The second kappa shape index (κ2) is 5.98. The first-order valence-corrected chi connectivity index (χ1v) is 7.94. The zero-order chi connectivity index (χ0) is 13.1. The van der Waals surface area contributed by atoms with Crippen molar-refractivity contribution in [2.45, 2.75) is 37.2 Å². The first kappa shape index (κ1) is 13.8. The number of piperidine rings is 1. The number of hydrogen-bond acceptors (Lipinski definition) is 3. The van der Waals surface area contributed by atoms with Crippen molar-refractivity contribution in [1.82, 2.24) is 4.90 Å². The van der Waals surface area contributed by atoms with Gasteiger partial charge in [0.15, 0.2) is 0 Å². The number of rotatable bonds is 3. The first-order chi connectivity index (χ1) is 8.61. The number of benzene rings is 1. The van der Waals surface area contributed by atoms with Gasteiger partial charge < -0.3 is 10.2 Å². The molecule has 3 heteroatoms. The molecule has 1 aliphatic rings. The van der Waals surface area contributed by atoms with Crippen LogP contribution in [0, 0.1) is 5.92 Å². The second-order valence-corrected chi connectivity index (χ2v) is 6.30. The van der Waals surface area contributed by atoms with Crippen LogP contribution in [-0.2, 0) is 0 Å². The van der Waals surface area contributed by atoms with E-state index in [0.717, 1.165) is 0 Å². The molecule has 0 aliphatic carbocycles. The van der Waals surface area contributed by atoms with Gasteiger partial charge in [-0.3, -0.25) is 0 Å². The first-order valence-electron chi connectivity index (χ1n) is 6.71. The monoisotopic (exact) mass is 264 g/mol. The molecule has 0 amide bonds. The summed E-state index contributed by atoms with van der Waals surface area (Å²) in [4.78, 5) is 3.81. The second-order valence-electron chi connectivity index (χ2n) is 5.45. The molecule has 0 bridgehead atoms. The fourth-order valence-electron chi connectivity index (χ4n) is 2.71. The highest BCUT2D eigenvalue weighted by Gasteiger charge is 2.28. The van der Waals surface area contributed by atoms with Crippen molar-refractivity contribution < 1.29 is 0 Å². The van der Waals surface area contributed by atoms with E-state index in [1.54, 1.807) is 0 Å². The van der Waals surface area contributed by atoms with Gasteiger partial charge in [0.25, 0.3) is 0 Å². The van der Waals surface area contributed by atoms with Crippen LogP contribution in [0.5, 0.6) is 0 Å². The minimum Gasteiger partial charge on any atom is -0.381 e. The summed E-state index contributed by atoms with van der Waals surface area (Å²) in [5.74, 6) is 0.695. The maximum absolute atomic E-state index is 3.75. The van der Waals surface area contributed by atoms with Gasteiger partial charge in [0, 0.05) is 29.2 Å². The molecule has 1 aromatic rings. The van der Waals surface area contributed by atoms with E-state index in [1.807, 2.05) is 11.8 Å².